The van der Waals surface area contributed by atoms with Crippen LogP contribution in [0.4, 0.5) is 0 Å². The van der Waals surface area contributed by atoms with Gasteiger partial charge in [0.05, 0.1) is 38.7 Å². The zero-order valence-electron chi connectivity index (χ0n) is 24.0. The van der Waals surface area contributed by atoms with Crippen LogP contribution in [0.15, 0.2) is 60.1 Å². The first-order chi connectivity index (χ1) is 21.4. The maximum Gasteiger partial charge on any atom is 0.184 e. The first-order valence-electron chi connectivity index (χ1n) is 14.2. The molecule has 2 saturated heterocycles. The highest BCUT2D eigenvalue weighted by molar-refractivity contribution is 7.18. The van der Waals surface area contributed by atoms with Crippen molar-refractivity contribution in [1.82, 2.24) is 39.7 Å². The van der Waals surface area contributed by atoms with E-state index in [1.54, 1.807) is 38.2 Å². The molecule has 4 aromatic heterocycles. The second-order valence-corrected chi connectivity index (χ2v) is 13.2. The van der Waals surface area contributed by atoms with Crippen LogP contribution in [0.3, 0.4) is 0 Å². The fourth-order valence-electron chi connectivity index (χ4n) is 5.90. The summed E-state index contributed by atoms with van der Waals surface area (Å²) in [6, 6.07) is 15.0. The number of aliphatic hydroxyl groups is 1. The van der Waals surface area contributed by atoms with E-state index in [2.05, 4.69) is 20.3 Å². The molecule has 0 amide bonds. The van der Waals surface area contributed by atoms with E-state index >= 15 is 0 Å². The Balaban J connectivity index is 1.19. The fraction of sp³-hybridized carbons (Fsp3) is 0.333. The van der Waals surface area contributed by atoms with Gasteiger partial charge in [-0.25, -0.2) is 24.3 Å². The monoisotopic (exact) mass is 628 g/mol. The van der Waals surface area contributed by atoms with Crippen molar-refractivity contribution >= 4 is 32.9 Å². The molecule has 2 aromatic carbocycles. The summed E-state index contributed by atoms with van der Waals surface area (Å²) < 4.78 is 23.7. The van der Waals surface area contributed by atoms with Crippen molar-refractivity contribution in [2.75, 3.05) is 6.61 Å². The largest absolute Gasteiger partial charge is 0.388 e. The van der Waals surface area contributed by atoms with Crippen LogP contribution in [-0.4, -0.2) is 69.8 Å². The smallest absolute Gasteiger partial charge is 0.184 e. The van der Waals surface area contributed by atoms with Crippen molar-refractivity contribution in [3.63, 3.8) is 0 Å². The van der Waals surface area contributed by atoms with Crippen LogP contribution < -0.4 is 0 Å². The summed E-state index contributed by atoms with van der Waals surface area (Å²) in [5, 5.41) is 29.6. The predicted molar refractivity (Wildman–Crippen MR) is 163 cm³/mol. The molecule has 1 N–H and O–H groups in total. The lowest BCUT2D eigenvalue weighted by Crippen LogP contribution is -2.57. The number of ether oxygens (including phenoxy) is 3. The molecule has 6 aromatic rings. The Morgan fingerprint density at radius 3 is 2.64 bits per heavy atom. The van der Waals surface area contributed by atoms with Gasteiger partial charge in [-0.15, -0.1) is 27.8 Å². The van der Waals surface area contributed by atoms with E-state index in [-0.39, 0.29) is 6.61 Å². The maximum atomic E-state index is 12.1. The number of aromatic nitrogens is 8. The number of hydrogen-bond acceptors (Lipinski definition) is 12. The van der Waals surface area contributed by atoms with Gasteiger partial charge in [0.1, 0.15) is 47.7 Å². The third-order valence-electron chi connectivity index (χ3n) is 7.86. The molecule has 8 rings (SSSR count). The van der Waals surface area contributed by atoms with Crippen molar-refractivity contribution in [1.29, 1.82) is 0 Å². The van der Waals surface area contributed by atoms with E-state index in [1.165, 1.54) is 0 Å². The number of fused-ring (bicyclic) bond motifs is 2. The van der Waals surface area contributed by atoms with Gasteiger partial charge in [-0.1, -0.05) is 35.5 Å². The molecule has 224 valence electrons. The lowest BCUT2D eigenvalue weighted by atomic mass is 9.91. The Bertz CT molecular complexity index is 1950. The normalized spacial score (nSPS) is 25.4. The minimum absolute atomic E-state index is 0.246. The van der Waals surface area contributed by atoms with Crippen LogP contribution in [-0.2, 0) is 14.2 Å². The number of benzene rings is 2. The van der Waals surface area contributed by atoms with Gasteiger partial charge in [0.2, 0.25) is 0 Å². The summed E-state index contributed by atoms with van der Waals surface area (Å²) in [5.74, 6) is 1.02. The van der Waals surface area contributed by atoms with Gasteiger partial charge >= 0.3 is 0 Å². The molecule has 0 saturated carbocycles. The number of hydrogen-bond donors (Lipinski definition) is 1. The minimum Gasteiger partial charge on any atom is -0.388 e. The SMILES string of the molecule is Cc1nc([C@@H]2OC3COC(c4ccccc4)O[C@@H]3C(n3cc(-c4csc(C)n4)nn3)C2O)n(-c2ccc3nc(C)sc3c2)n1. The summed E-state index contributed by atoms with van der Waals surface area (Å²) in [6.45, 7) is 6.00. The molecule has 2 aliphatic heterocycles. The zero-order chi connectivity index (χ0) is 29.9. The summed E-state index contributed by atoms with van der Waals surface area (Å²) in [5.41, 5.74) is 3.94. The molecule has 4 unspecified atom stereocenters. The summed E-state index contributed by atoms with van der Waals surface area (Å²) in [6.07, 6.45) is -1.93. The molecule has 0 bridgehead atoms. The van der Waals surface area contributed by atoms with Crippen molar-refractivity contribution in [2.24, 2.45) is 0 Å². The van der Waals surface area contributed by atoms with Gasteiger partial charge in [0.25, 0.3) is 0 Å². The highest BCUT2D eigenvalue weighted by atomic mass is 32.1. The lowest BCUT2D eigenvalue weighted by Gasteiger charge is -2.47. The molecular formula is C30H28N8O4S2. The Morgan fingerprint density at radius 1 is 0.955 bits per heavy atom. The third-order valence-corrected chi connectivity index (χ3v) is 9.57. The van der Waals surface area contributed by atoms with Gasteiger partial charge in [0.15, 0.2) is 12.1 Å². The number of aryl methyl sites for hydroxylation is 3. The fourth-order valence-corrected chi connectivity index (χ4v) is 7.37. The molecule has 2 aliphatic rings. The van der Waals surface area contributed by atoms with Gasteiger partial charge in [-0.05, 0) is 39.0 Å². The van der Waals surface area contributed by atoms with Gasteiger partial charge < -0.3 is 19.3 Å². The number of nitrogens with zero attached hydrogens (tertiary/aromatic N) is 8. The van der Waals surface area contributed by atoms with Gasteiger partial charge in [-0.2, -0.15) is 5.10 Å². The summed E-state index contributed by atoms with van der Waals surface area (Å²) in [7, 11) is 0. The van der Waals surface area contributed by atoms with Crippen molar-refractivity contribution in [3.8, 4) is 17.1 Å². The van der Waals surface area contributed by atoms with Crippen molar-refractivity contribution < 1.29 is 19.3 Å². The second kappa shape index (κ2) is 10.9. The Morgan fingerprint density at radius 2 is 1.82 bits per heavy atom. The Hall–Kier alpha value is -3.92. The van der Waals surface area contributed by atoms with Crippen LogP contribution in [0, 0.1) is 20.8 Å². The van der Waals surface area contributed by atoms with E-state index in [0.29, 0.717) is 17.3 Å². The molecule has 2 fully saturated rings. The molecule has 0 radical (unpaired) electrons. The highest BCUT2D eigenvalue weighted by Crippen LogP contribution is 2.44. The van der Waals surface area contributed by atoms with E-state index in [1.807, 2.05) is 74.7 Å². The summed E-state index contributed by atoms with van der Waals surface area (Å²) >= 11 is 3.16. The molecule has 0 spiro atoms. The molecule has 44 heavy (non-hydrogen) atoms. The molecule has 0 aliphatic carbocycles. The number of rotatable bonds is 5. The zero-order valence-corrected chi connectivity index (χ0v) is 25.6. The summed E-state index contributed by atoms with van der Waals surface area (Å²) in [4.78, 5) is 13.9. The van der Waals surface area contributed by atoms with E-state index in [0.717, 1.165) is 37.2 Å². The third kappa shape index (κ3) is 4.83. The standard InChI is InChI=1S/C30H28N8O4S2/c1-15-31-29(38(35-15)19-9-10-20-24(11-19)44-17(3)33-20)28-26(39)25(37-12-21(34-36-37)22-14-43-16(2)32-22)27-23(41-28)13-40-30(42-27)18-7-5-4-6-8-18/h4-12,14,23,25-28,30,39H,13H2,1-3H3/t23?,25?,26?,27-,28+,30?/m0/s1. The van der Waals surface area contributed by atoms with E-state index in [4.69, 9.17) is 24.3 Å². The second-order valence-electron chi connectivity index (χ2n) is 10.9. The Kier molecular flexibility index (Phi) is 6.85. The quantitative estimate of drug-likeness (QED) is 0.287. The number of aliphatic hydroxyl groups excluding tert-OH is 1. The van der Waals surface area contributed by atoms with Crippen LogP contribution in [0.1, 0.15) is 45.7 Å². The minimum atomic E-state index is -1.12. The van der Waals surface area contributed by atoms with Crippen LogP contribution in [0.2, 0.25) is 0 Å². The average Bonchev–Trinajstić information content (AvgIpc) is 3.83. The van der Waals surface area contributed by atoms with Crippen LogP contribution in [0.25, 0.3) is 27.3 Å². The number of thiazole rings is 2. The topological polar surface area (TPSA) is 135 Å². The van der Waals surface area contributed by atoms with E-state index in [9.17, 15) is 5.11 Å². The van der Waals surface area contributed by atoms with Gasteiger partial charge in [-0.3, -0.25) is 0 Å². The Labute approximate surface area is 259 Å². The molecule has 6 heterocycles. The molecule has 6 atom stereocenters. The van der Waals surface area contributed by atoms with Crippen LogP contribution in [0.5, 0.6) is 0 Å². The predicted octanol–water partition coefficient (Wildman–Crippen LogP) is 4.67. The first kappa shape index (κ1) is 27.6. The van der Waals surface area contributed by atoms with Crippen LogP contribution >= 0.6 is 22.7 Å². The van der Waals surface area contributed by atoms with Crippen molar-refractivity contribution in [2.45, 2.75) is 57.5 Å². The molecular weight excluding hydrogens is 601 g/mol. The molecule has 14 heteroatoms. The molecule has 12 nitrogen and oxygen atoms in total. The first-order valence-corrected chi connectivity index (χ1v) is 15.9. The maximum absolute atomic E-state index is 12.1. The highest BCUT2D eigenvalue weighted by Gasteiger charge is 2.52. The van der Waals surface area contributed by atoms with E-state index < -0.39 is 36.7 Å². The van der Waals surface area contributed by atoms with Gasteiger partial charge in [0, 0.05) is 10.9 Å². The lowest BCUT2D eigenvalue weighted by molar-refractivity contribution is -0.319. The average molecular weight is 629 g/mol. The van der Waals surface area contributed by atoms with Crippen molar-refractivity contribution in [3.05, 3.63) is 87.3 Å².